The number of hydrogen-bond donors (Lipinski definition) is 2. The summed E-state index contributed by atoms with van der Waals surface area (Å²) in [6.07, 6.45) is -4.33. The predicted octanol–water partition coefficient (Wildman–Crippen LogP) is 3.89. The van der Waals surface area contributed by atoms with Crippen LogP contribution in [0, 0.1) is 6.92 Å². The van der Waals surface area contributed by atoms with E-state index in [4.69, 9.17) is 0 Å². The van der Waals surface area contributed by atoms with Crippen molar-refractivity contribution in [2.45, 2.75) is 45.8 Å². The quantitative estimate of drug-likeness (QED) is 0.837. The molecule has 0 aliphatic heterocycles. The number of amides is 1. The summed E-state index contributed by atoms with van der Waals surface area (Å²) >= 11 is 0. The Morgan fingerprint density at radius 3 is 2.52 bits per heavy atom. The van der Waals surface area contributed by atoms with Gasteiger partial charge < -0.3 is 10.6 Å². The molecule has 0 radical (unpaired) electrons. The van der Waals surface area contributed by atoms with E-state index in [1.807, 2.05) is 13.0 Å². The Morgan fingerprint density at radius 2 is 2.00 bits per heavy atom. The van der Waals surface area contributed by atoms with Crippen molar-refractivity contribution in [3.63, 3.8) is 0 Å². The molecule has 0 aromatic heterocycles. The van der Waals surface area contributed by atoms with Crippen molar-refractivity contribution in [3.05, 3.63) is 29.3 Å². The third-order valence-electron chi connectivity index (χ3n) is 2.97. The molecule has 118 valence electrons. The van der Waals surface area contributed by atoms with Crippen LogP contribution in [-0.4, -0.2) is 24.7 Å². The zero-order chi connectivity index (χ0) is 16.0. The SMILES string of the molecule is CCCNc1ccc(C(=O)NC(C)CC(F)(F)F)c(C)c1. The van der Waals surface area contributed by atoms with Crippen LogP contribution in [0.2, 0.25) is 0 Å². The number of benzene rings is 1. The summed E-state index contributed by atoms with van der Waals surface area (Å²) in [7, 11) is 0. The molecular weight excluding hydrogens is 281 g/mol. The maximum Gasteiger partial charge on any atom is 0.391 e. The first-order valence-corrected chi connectivity index (χ1v) is 6.95. The first-order chi connectivity index (χ1) is 9.73. The lowest BCUT2D eigenvalue weighted by atomic mass is 10.1. The molecule has 2 N–H and O–H groups in total. The highest BCUT2D eigenvalue weighted by atomic mass is 19.4. The standard InChI is InChI=1S/C15H21F3N2O/c1-4-7-19-12-5-6-13(10(2)8-12)14(21)20-11(3)9-15(16,17)18/h5-6,8,11,19H,4,7,9H2,1-3H3,(H,20,21). The van der Waals surface area contributed by atoms with Gasteiger partial charge in [0, 0.05) is 23.8 Å². The minimum Gasteiger partial charge on any atom is -0.385 e. The van der Waals surface area contributed by atoms with Gasteiger partial charge in [-0.25, -0.2) is 0 Å². The minimum atomic E-state index is -4.28. The van der Waals surface area contributed by atoms with Gasteiger partial charge in [0.2, 0.25) is 0 Å². The summed E-state index contributed by atoms with van der Waals surface area (Å²) in [4.78, 5) is 12.0. The van der Waals surface area contributed by atoms with Gasteiger partial charge in [-0.1, -0.05) is 6.92 Å². The van der Waals surface area contributed by atoms with Gasteiger partial charge >= 0.3 is 6.18 Å². The Balaban J connectivity index is 2.70. The van der Waals surface area contributed by atoms with Crippen LogP contribution in [0.1, 0.15) is 42.6 Å². The van der Waals surface area contributed by atoms with Crippen LogP contribution in [0.5, 0.6) is 0 Å². The number of carbonyl (C=O) groups is 1. The molecular formula is C15H21F3N2O. The molecule has 1 amide bonds. The molecule has 0 saturated heterocycles. The lowest BCUT2D eigenvalue weighted by Crippen LogP contribution is -2.36. The highest BCUT2D eigenvalue weighted by Gasteiger charge is 2.30. The Labute approximate surface area is 122 Å². The number of halogens is 3. The molecule has 0 spiro atoms. The van der Waals surface area contributed by atoms with Crippen LogP contribution >= 0.6 is 0 Å². The molecule has 21 heavy (non-hydrogen) atoms. The van der Waals surface area contributed by atoms with Crippen molar-refractivity contribution in [1.82, 2.24) is 5.32 Å². The average Bonchev–Trinajstić information content (AvgIpc) is 2.33. The second-order valence-corrected chi connectivity index (χ2v) is 5.15. The molecule has 0 aliphatic carbocycles. The largest absolute Gasteiger partial charge is 0.391 e. The number of nitrogens with one attached hydrogen (secondary N) is 2. The number of anilines is 1. The monoisotopic (exact) mass is 302 g/mol. The van der Waals surface area contributed by atoms with Crippen LogP contribution in [0.4, 0.5) is 18.9 Å². The lowest BCUT2D eigenvalue weighted by Gasteiger charge is -2.17. The van der Waals surface area contributed by atoms with Gasteiger partial charge in [-0.05, 0) is 44.0 Å². The normalized spacial score (nSPS) is 12.9. The lowest BCUT2D eigenvalue weighted by molar-refractivity contribution is -0.138. The van der Waals surface area contributed by atoms with Crippen molar-refractivity contribution in [3.8, 4) is 0 Å². The summed E-state index contributed by atoms with van der Waals surface area (Å²) in [5.41, 5.74) is 2.02. The molecule has 0 fully saturated rings. The van der Waals surface area contributed by atoms with Crippen molar-refractivity contribution in [2.24, 2.45) is 0 Å². The van der Waals surface area contributed by atoms with E-state index in [0.717, 1.165) is 24.2 Å². The Kier molecular flexibility index (Phi) is 6.05. The van der Waals surface area contributed by atoms with Crippen LogP contribution in [0.25, 0.3) is 0 Å². The highest BCUT2D eigenvalue weighted by Crippen LogP contribution is 2.22. The van der Waals surface area contributed by atoms with E-state index in [1.54, 1.807) is 19.1 Å². The van der Waals surface area contributed by atoms with Gasteiger partial charge in [0.25, 0.3) is 5.91 Å². The Hall–Kier alpha value is -1.72. The van der Waals surface area contributed by atoms with Crippen molar-refractivity contribution in [2.75, 3.05) is 11.9 Å². The van der Waals surface area contributed by atoms with Crippen LogP contribution in [0.15, 0.2) is 18.2 Å². The second kappa shape index (κ2) is 7.33. The number of aryl methyl sites for hydroxylation is 1. The highest BCUT2D eigenvalue weighted by molar-refractivity contribution is 5.96. The molecule has 6 heteroatoms. The van der Waals surface area contributed by atoms with E-state index in [9.17, 15) is 18.0 Å². The smallest absolute Gasteiger partial charge is 0.385 e. The Bertz CT molecular complexity index is 486. The van der Waals surface area contributed by atoms with E-state index < -0.39 is 24.5 Å². The van der Waals surface area contributed by atoms with E-state index in [2.05, 4.69) is 10.6 Å². The van der Waals surface area contributed by atoms with Crippen LogP contribution in [-0.2, 0) is 0 Å². The van der Waals surface area contributed by atoms with E-state index in [0.29, 0.717) is 5.56 Å². The van der Waals surface area contributed by atoms with Gasteiger partial charge in [0.15, 0.2) is 0 Å². The molecule has 3 nitrogen and oxygen atoms in total. The van der Waals surface area contributed by atoms with Gasteiger partial charge in [-0.15, -0.1) is 0 Å². The summed E-state index contributed by atoms with van der Waals surface area (Å²) in [6, 6.07) is 4.25. The summed E-state index contributed by atoms with van der Waals surface area (Å²) in [5, 5.41) is 5.57. The summed E-state index contributed by atoms with van der Waals surface area (Å²) < 4.78 is 36.7. The molecule has 0 aliphatic rings. The number of hydrogen-bond acceptors (Lipinski definition) is 2. The molecule has 1 aromatic rings. The molecule has 1 rings (SSSR count). The summed E-state index contributed by atoms with van der Waals surface area (Å²) in [6.45, 7) is 5.98. The minimum absolute atomic E-state index is 0.395. The fraction of sp³-hybridized carbons (Fsp3) is 0.533. The van der Waals surface area contributed by atoms with Crippen molar-refractivity contribution < 1.29 is 18.0 Å². The molecule has 0 bridgehead atoms. The van der Waals surface area contributed by atoms with Gasteiger partial charge in [0.1, 0.15) is 0 Å². The third kappa shape index (κ3) is 6.06. The fourth-order valence-electron chi connectivity index (χ4n) is 2.00. The third-order valence-corrected chi connectivity index (χ3v) is 2.97. The van der Waals surface area contributed by atoms with E-state index in [1.165, 1.54) is 6.92 Å². The predicted molar refractivity (Wildman–Crippen MR) is 77.6 cm³/mol. The fourth-order valence-corrected chi connectivity index (χ4v) is 2.00. The number of alkyl halides is 3. The van der Waals surface area contributed by atoms with E-state index >= 15 is 0 Å². The van der Waals surface area contributed by atoms with E-state index in [-0.39, 0.29) is 0 Å². The van der Waals surface area contributed by atoms with Gasteiger partial charge in [-0.2, -0.15) is 13.2 Å². The zero-order valence-electron chi connectivity index (χ0n) is 12.5. The maximum atomic E-state index is 12.2. The van der Waals surface area contributed by atoms with Crippen molar-refractivity contribution in [1.29, 1.82) is 0 Å². The van der Waals surface area contributed by atoms with Crippen LogP contribution < -0.4 is 10.6 Å². The van der Waals surface area contributed by atoms with Crippen molar-refractivity contribution >= 4 is 11.6 Å². The molecule has 0 heterocycles. The van der Waals surface area contributed by atoms with Gasteiger partial charge in [-0.3, -0.25) is 4.79 Å². The molecule has 1 atom stereocenters. The average molecular weight is 302 g/mol. The maximum absolute atomic E-state index is 12.2. The molecule has 1 unspecified atom stereocenters. The zero-order valence-corrected chi connectivity index (χ0v) is 12.5. The number of rotatable bonds is 6. The van der Waals surface area contributed by atoms with Crippen LogP contribution in [0.3, 0.4) is 0 Å². The second-order valence-electron chi connectivity index (χ2n) is 5.15. The number of carbonyl (C=O) groups excluding carboxylic acids is 1. The Morgan fingerprint density at radius 1 is 1.33 bits per heavy atom. The molecule has 0 saturated carbocycles. The molecule has 1 aromatic carbocycles. The first-order valence-electron chi connectivity index (χ1n) is 6.95. The first kappa shape index (κ1) is 17.3. The van der Waals surface area contributed by atoms with Gasteiger partial charge in [0.05, 0.1) is 6.42 Å². The topological polar surface area (TPSA) is 41.1 Å². The summed E-state index contributed by atoms with van der Waals surface area (Å²) in [5.74, 6) is -0.480.